The van der Waals surface area contributed by atoms with Gasteiger partial charge in [0.15, 0.2) is 0 Å². The monoisotopic (exact) mass is 147 g/mol. The molecule has 1 atom stereocenters. The summed E-state index contributed by atoms with van der Waals surface area (Å²) in [5, 5.41) is 1.12. The van der Waals surface area contributed by atoms with Gasteiger partial charge in [0.2, 0.25) is 0 Å². The maximum absolute atomic E-state index is 5.86. The van der Waals surface area contributed by atoms with E-state index in [9.17, 15) is 0 Å². The summed E-state index contributed by atoms with van der Waals surface area (Å²) in [5.74, 6) is 0.762. The molecule has 0 heterocycles. The molecule has 0 spiro atoms. The van der Waals surface area contributed by atoms with Crippen LogP contribution in [0.3, 0.4) is 0 Å². The summed E-state index contributed by atoms with van der Waals surface area (Å²) in [4.78, 5) is 0. The second kappa shape index (κ2) is 5.10. The SMILES string of the molecule is CC[C](Cl)CC(C)CC. The van der Waals surface area contributed by atoms with E-state index in [1.165, 1.54) is 6.42 Å². The second-order valence-electron chi connectivity index (χ2n) is 2.59. The minimum absolute atomic E-state index is 0.762. The zero-order chi connectivity index (χ0) is 7.28. The Labute approximate surface area is 63.6 Å². The van der Waals surface area contributed by atoms with Gasteiger partial charge in [-0.3, -0.25) is 0 Å². The highest BCUT2D eigenvalue weighted by Gasteiger charge is 2.06. The standard InChI is InChI=1S/C8H16Cl/c1-4-7(3)6-8(9)5-2/h7H,4-6H2,1-3H3. The van der Waals surface area contributed by atoms with Crippen LogP contribution >= 0.6 is 11.6 Å². The molecule has 0 aromatic rings. The van der Waals surface area contributed by atoms with Crippen LogP contribution in [0.25, 0.3) is 0 Å². The Morgan fingerprint density at radius 2 is 2.00 bits per heavy atom. The van der Waals surface area contributed by atoms with Crippen molar-refractivity contribution in [2.75, 3.05) is 0 Å². The molecule has 9 heavy (non-hydrogen) atoms. The molecule has 0 saturated carbocycles. The Morgan fingerprint density at radius 1 is 1.44 bits per heavy atom. The van der Waals surface area contributed by atoms with Crippen LogP contribution in [0.15, 0.2) is 0 Å². The van der Waals surface area contributed by atoms with Crippen molar-refractivity contribution in [2.45, 2.75) is 40.0 Å². The van der Waals surface area contributed by atoms with Crippen LogP contribution in [0.1, 0.15) is 40.0 Å². The lowest BCUT2D eigenvalue weighted by Gasteiger charge is -2.10. The van der Waals surface area contributed by atoms with Crippen molar-refractivity contribution in [1.29, 1.82) is 0 Å². The van der Waals surface area contributed by atoms with E-state index in [0.29, 0.717) is 0 Å². The minimum atomic E-state index is 0.762. The van der Waals surface area contributed by atoms with Gasteiger partial charge in [0.25, 0.3) is 0 Å². The third-order valence-corrected chi connectivity index (χ3v) is 2.07. The van der Waals surface area contributed by atoms with Crippen LogP contribution in [-0.2, 0) is 0 Å². The predicted molar refractivity (Wildman–Crippen MR) is 43.5 cm³/mol. The predicted octanol–water partition coefficient (Wildman–Crippen LogP) is 3.60. The van der Waals surface area contributed by atoms with E-state index >= 15 is 0 Å². The van der Waals surface area contributed by atoms with Gasteiger partial charge in [-0.15, -0.1) is 11.6 Å². The molecule has 0 rings (SSSR count). The minimum Gasteiger partial charge on any atom is -0.117 e. The van der Waals surface area contributed by atoms with Crippen molar-refractivity contribution in [1.82, 2.24) is 0 Å². The van der Waals surface area contributed by atoms with E-state index in [-0.39, 0.29) is 0 Å². The second-order valence-corrected chi connectivity index (χ2v) is 3.12. The normalized spacial score (nSPS) is 14.3. The van der Waals surface area contributed by atoms with Crippen molar-refractivity contribution >= 4 is 11.6 Å². The van der Waals surface area contributed by atoms with Gasteiger partial charge in [0.1, 0.15) is 0 Å². The van der Waals surface area contributed by atoms with Crippen molar-refractivity contribution < 1.29 is 0 Å². The van der Waals surface area contributed by atoms with Crippen LogP contribution in [0.5, 0.6) is 0 Å². The van der Waals surface area contributed by atoms with E-state index in [1.807, 2.05) is 0 Å². The highest BCUT2D eigenvalue weighted by Crippen LogP contribution is 2.22. The van der Waals surface area contributed by atoms with Gasteiger partial charge in [0.05, 0.1) is 5.38 Å². The third kappa shape index (κ3) is 4.77. The van der Waals surface area contributed by atoms with Crippen LogP contribution in [-0.4, -0.2) is 0 Å². The zero-order valence-electron chi connectivity index (χ0n) is 6.58. The molecule has 0 amide bonds. The highest BCUT2D eigenvalue weighted by atomic mass is 35.5. The van der Waals surface area contributed by atoms with Crippen LogP contribution in [0, 0.1) is 11.3 Å². The lowest BCUT2D eigenvalue weighted by atomic mass is 10.0. The van der Waals surface area contributed by atoms with Crippen LogP contribution in [0.4, 0.5) is 0 Å². The smallest absolute Gasteiger partial charge is 0.0637 e. The van der Waals surface area contributed by atoms with Crippen molar-refractivity contribution in [3.63, 3.8) is 0 Å². The summed E-state index contributed by atoms with van der Waals surface area (Å²) in [6.45, 7) is 6.53. The van der Waals surface area contributed by atoms with Gasteiger partial charge in [-0.2, -0.15) is 0 Å². The number of halogens is 1. The molecule has 0 aromatic carbocycles. The molecular weight excluding hydrogens is 132 g/mol. The van der Waals surface area contributed by atoms with Gasteiger partial charge in [-0.05, 0) is 18.8 Å². The lowest BCUT2D eigenvalue weighted by Crippen LogP contribution is -1.96. The molecule has 0 nitrogen and oxygen atoms in total. The Morgan fingerprint density at radius 3 is 2.33 bits per heavy atom. The molecular formula is C8H16Cl. The largest absolute Gasteiger partial charge is 0.117 e. The van der Waals surface area contributed by atoms with Gasteiger partial charge < -0.3 is 0 Å². The maximum atomic E-state index is 5.86. The lowest BCUT2D eigenvalue weighted by molar-refractivity contribution is 0.537. The van der Waals surface area contributed by atoms with E-state index in [1.54, 1.807) is 0 Å². The Balaban J connectivity index is 3.22. The van der Waals surface area contributed by atoms with E-state index in [4.69, 9.17) is 11.6 Å². The first-order valence-corrected chi connectivity index (χ1v) is 4.08. The van der Waals surface area contributed by atoms with E-state index in [2.05, 4.69) is 20.8 Å². The molecule has 1 heteroatoms. The third-order valence-electron chi connectivity index (χ3n) is 1.65. The molecule has 0 bridgehead atoms. The molecule has 0 aliphatic heterocycles. The summed E-state index contributed by atoms with van der Waals surface area (Å²) in [6.07, 6.45) is 3.34. The maximum Gasteiger partial charge on any atom is 0.0637 e. The molecule has 1 radical (unpaired) electrons. The molecule has 1 unspecified atom stereocenters. The van der Waals surface area contributed by atoms with Gasteiger partial charge in [-0.25, -0.2) is 0 Å². The van der Waals surface area contributed by atoms with Crippen molar-refractivity contribution in [2.24, 2.45) is 5.92 Å². The molecule has 0 aliphatic rings. The van der Waals surface area contributed by atoms with Gasteiger partial charge in [-0.1, -0.05) is 27.2 Å². The average Bonchev–Trinajstić information content (AvgIpc) is 1.87. The fraction of sp³-hybridized carbons (Fsp3) is 0.875. The highest BCUT2D eigenvalue weighted by molar-refractivity contribution is 6.26. The van der Waals surface area contributed by atoms with Crippen LogP contribution < -0.4 is 0 Å². The molecule has 0 fully saturated rings. The summed E-state index contributed by atoms with van der Waals surface area (Å²) in [5.41, 5.74) is 0. The summed E-state index contributed by atoms with van der Waals surface area (Å²) in [6, 6.07) is 0. The topological polar surface area (TPSA) is 0 Å². The molecule has 55 valence electrons. The Hall–Kier alpha value is 0.290. The fourth-order valence-electron chi connectivity index (χ4n) is 0.667. The molecule has 0 aromatic heterocycles. The number of hydrogen-bond acceptors (Lipinski definition) is 0. The van der Waals surface area contributed by atoms with Gasteiger partial charge >= 0.3 is 0 Å². The van der Waals surface area contributed by atoms with Crippen molar-refractivity contribution in [3.05, 3.63) is 5.38 Å². The Kier molecular flexibility index (Phi) is 5.27. The van der Waals surface area contributed by atoms with Crippen molar-refractivity contribution in [3.8, 4) is 0 Å². The first kappa shape index (κ1) is 9.29. The fourth-order valence-corrected chi connectivity index (χ4v) is 0.930. The molecule has 0 saturated heterocycles. The summed E-state index contributed by atoms with van der Waals surface area (Å²) >= 11 is 5.86. The van der Waals surface area contributed by atoms with Crippen LogP contribution in [0.2, 0.25) is 0 Å². The van der Waals surface area contributed by atoms with E-state index < -0.39 is 0 Å². The first-order chi connectivity index (χ1) is 4.20. The Bertz CT molecular complexity index is 53.6. The van der Waals surface area contributed by atoms with Gasteiger partial charge in [0, 0.05) is 0 Å². The average molecular weight is 148 g/mol. The number of rotatable bonds is 4. The number of hydrogen-bond donors (Lipinski definition) is 0. The molecule has 0 aliphatic carbocycles. The quantitative estimate of drug-likeness (QED) is 0.570. The summed E-state index contributed by atoms with van der Waals surface area (Å²) < 4.78 is 0. The summed E-state index contributed by atoms with van der Waals surface area (Å²) in [7, 11) is 0. The van der Waals surface area contributed by atoms with E-state index in [0.717, 1.165) is 24.1 Å². The first-order valence-electron chi connectivity index (χ1n) is 3.70. The zero-order valence-corrected chi connectivity index (χ0v) is 7.33. The molecule has 0 N–H and O–H groups in total.